The third kappa shape index (κ3) is 4.76. The maximum Gasteiger partial charge on any atom is 0.410 e. The molecule has 7 nitrogen and oxygen atoms in total. The number of nitrogens with zero attached hydrogens (tertiary/aromatic N) is 4. The molecule has 0 spiro atoms. The Labute approximate surface area is 183 Å². The number of benzene rings is 2. The van der Waals surface area contributed by atoms with Crippen molar-refractivity contribution in [2.75, 3.05) is 38.2 Å². The van der Waals surface area contributed by atoms with Crippen molar-refractivity contribution in [1.82, 2.24) is 14.5 Å². The molecule has 0 bridgehead atoms. The van der Waals surface area contributed by atoms with E-state index in [1.54, 1.807) is 12.0 Å². The minimum absolute atomic E-state index is 0.251. The van der Waals surface area contributed by atoms with Crippen LogP contribution >= 0.6 is 0 Å². The summed E-state index contributed by atoms with van der Waals surface area (Å²) in [4.78, 5) is 21.4. The first-order valence-corrected chi connectivity index (χ1v) is 10.6. The second kappa shape index (κ2) is 8.49. The standard InChI is InChI=1S/C24H30N4O3/c1-24(2,3)31-23(29)27-15-13-26(14-16-27)22-25-20-7-5-6-8-21(20)28(22)17-18-9-11-19(30-4)12-10-18/h5-12H,13-17H2,1-4H3. The summed E-state index contributed by atoms with van der Waals surface area (Å²) in [5.41, 5.74) is 2.77. The number of rotatable bonds is 4. The summed E-state index contributed by atoms with van der Waals surface area (Å²) in [5.74, 6) is 1.78. The number of hydrogen-bond donors (Lipinski definition) is 0. The fourth-order valence-electron chi connectivity index (χ4n) is 3.79. The molecule has 1 saturated heterocycles. The van der Waals surface area contributed by atoms with Crippen molar-refractivity contribution >= 4 is 23.1 Å². The smallest absolute Gasteiger partial charge is 0.410 e. The van der Waals surface area contributed by atoms with E-state index < -0.39 is 5.60 Å². The van der Waals surface area contributed by atoms with Crippen LogP contribution in [-0.2, 0) is 11.3 Å². The van der Waals surface area contributed by atoms with Gasteiger partial charge in [0.25, 0.3) is 0 Å². The van der Waals surface area contributed by atoms with Crippen molar-refractivity contribution < 1.29 is 14.3 Å². The van der Waals surface area contributed by atoms with Crippen molar-refractivity contribution in [2.24, 2.45) is 0 Å². The van der Waals surface area contributed by atoms with E-state index in [4.69, 9.17) is 14.5 Å². The van der Waals surface area contributed by atoms with Crippen molar-refractivity contribution in [3.05, 3.63) is 54.1 Å². The highest BCUT2D eigenvalue weighted by Crippen LogP contribution is 2.26. The highest BCUT2D eigenvalue weighted by atomic mass is 16.6. The largest absolute Gasteiger partial charge is 0.497 e. The number of piperazine rings is 1. The zero-order valence-corrected chi connectivity index (χ0v) is 18.7. The Morgan fingerprint density at radius 2 is 1.68 bits per heavy atom. The van der Waals surface area contributed by atoms with Gasteiger partial charge in [-0.15, -0.1) is 0 Å². The molecule has 4 rings (SSSR count). The summed E-state index contributed by atoms with van der Waals surface area (Å²) in [6.45, 7) is 9.04. The van der Waals surface area contributed by atoms with Crippen LogP contribution in [0, 0.1) is 0 Å². The normalized spacial score (nSPS) is 14.7. The zero-order valence-electron chi connectivity index (χ0n) is 18.7. The topological polar surface area (TPSA) is 59.8 Å². The van der Waals surface area contributed by atoms with Gasteiger partial charge in [0.15, 0.2) is 0 Å². The van der Waals surface area contributed by atoms with E-state index in [1.165, 1.54) is 5.56 Å². The Bertz CT molecular complexity index is 1040. The lowest BCUT2D eigenvalue weighted by molar-refractivity contribution is 0.0240. The zero-order chi connectivity index (χ0) is 22.0. The first-order chi connectivity index (χ1) is 14.8. The Morgan fingerprint density at radius 3 is 2.32 bits per heavy atom. The fraction of sp³-hybridized carbons (Fsp3) is 0.417. The van der Waals surface area contributed by atoms with E-state index in [2.05, 4.69) is 27.7 Å². The second-order valence-corrected chi connectivity index (χ2v) is 8.79. The number of para-hydroxylation sites is 2. The summed E-state index contributed by atoms with van der Waals surface area (Å²) in [6, 6.07) is 16.3. The summed E-state index contributed by atoms with van der Waals surface area (Å²) < 4.78 is 13.1. The monoisotopic (exact) mass is 422 g/mol. The molecule has 0 saturated carbocycles. The lowest BCUT2D eigenvalue weighted by atomic mass is 10.2. The number of methoxy groups -OCH3 is 1. The van der Waals surface area contributed by atoms with Crippen LogP contribution in [0.2, 0.25) is 0 Å². The molecular weight excluding hydrogens is 392 g/mol. The van der Waals surface area contributed by atoms with Crippen molar-refractivity contribution in [1.29, 1.82) is 0 Å². The lowest BCUT2D eigenvalue weighted by Gasteiger charge is -2.36. The third-order valence-electron chi connectivity index (χ3n) is 5.35. The molecule has 164 valence electrons. The van der Waals surface area contributed by atoms with Gasteiger partial charge < -0.3 is 23.8 Å². The summed E-state index contributed by atoms with van der Waals surface area (Å²) in [7, 11) is 1.67. The van der Waals surface area contributed by atoms with Crippen molar-refractivity contribution in [3.63, 3.8) is 0 Å². The first-order valence-electron chi connectivity index (χ1n) is 10.6. The number of hydrogen-bond acceptors (Lipinski definition) is 5. The Balaban J connectivity index is 1.55. The van der Waals surface area contributed by atoms with Crippen molar-refractivity contribution in [3.8, 4) is 5.75 Å². The van der Waals surface area contributed by atoms with Gasteiger partial charge in [-0.25, -0.2) is 9.78 Å². The second-order valence-electron chi connectivity index (χ2n) is 8.79. The molecule has 0 aliphatic carbocycles. The van der Waals surface area contributed by atoms with Crippen LogP contribution in [0.1, 0.15) is 26.3 Å². The maximum atomic E-state index is 12.4. The van der Waals surface area contributed by atoms with Gasteiger partial charge in [0, 0.05) is 26.2 Å². The molecule has 1 aromatic heterocycles. The molecule has 1 fully saturated rings. The molecule has 2 aromatic carbocycles. The van der Waals surface area contributed by atoms with Gasteiger partial charge in [0.1, 0.15) is 11.4 Å². The third-order valence-corrected chi connectivity index (χ3v) is 5.35. The Morgan fingerprint density at radius 1 is 1.00 bits per heavy atom. The lowest BCUT2D eigenvalue weighted by Crippen LogP contribution is -2.50. The molecule has 1 aliphatic rings. The van der Waals surface area contributed by atoms with Crippen LogP contribution in [0.4, 0.5) is 10.7 Å². The van der Waals surface area contributed by atoms with Crippen LogP contribution in [0.15, 0.2) is 48.5 Å². The number of amides is 1. The maximum absolute atomic E-state index is 12.4. The molecule has 0 atom stereocenters. The van der Waals surface area contributed by atoms with Gasteiger partial charge in [0.05, 0.1) is 24.7 Å². The molecule has 7 heteroatoms. The number of carbonyl (C=O) groups excluding carboxylic acids is 1. The number of carbonyl (C=O) groups is 1. The predicted molar refractivity (Wildman–Crippen MR) is 122 cm³/mol. The summed E-state index contributed by atoms with van der Waals surface area (Å²) in [5, 5.41) is 0. The fourth-order valence-corrected chi connectivity index (χ4v) is 3.79. The number of ether oxygens (including phenoxy) is 2. The van der Waals surface area contributed by atoms with E-state index in [0.29, 0.717) is 32.7 Å². The predicted octanol–water partition coefficient (Wildman–Crippen LogP) is 4.15. The summed E-state index contributed by atoms with van der Waals surface area (Å²) in [6.07, 6.45) is -0.251. The molecule has 1 aliphatic heterocycles. The van der Waals surface area contributed by atoms with Gasteiger partial charge in [-0.1, -0.05) is 24.3 Å². The number of aromatic nitrogens is 2. The van der Waals surface area contributed by atoms with Crippen LogP contribution < -0.4 is 9.64 Å². The van der Waals surface area contributed by atoms with E-state index in [0.717, 1.165) is 22.7 Å². The SMILES string of the molecule is COc1ccc(Cn2c(N3CCN(C(=O)OC(C)(C)C)CC3)nc3ccccc32)cc1. The first kappa shape index (κ1) is 21.0. The van der Waals surface area contributed by atoms with Gasteiger partial charge in [0.2, 0.25) is 5.95 Å². The molecular formula is C24H30N4O3. The van der Waals surface area contributed by atoms with E-state index in [1.807, 2.05) is 51.1 Å². The Hall–Kier alpha value is -3.22. The van der Waals surface area contributed by atoms with Crippen molar-refractivity contribution in [2.45, 2.75) is 32.9 Å². The minimum atomic E-state index is -0.486. The quantitative estimate of drug-likeness (QED) is 0.632. The number of anilines is 1. The van der Waals surface area contributed by atoms with E-state index >= 15 is 0 Å². The highest BCUT2D eigenvalue weighted by Gasteiger charge is 2.28. The average Bonchev–Trinajstić information content (AvgIpc) is 3.12. The van der Waals surface area contributed by atoms with Gasteiger partial charge >= 0.3 is 6.09 Å². The van der Waals surface area contributed by atoms with Crippen LogP contribution in [0.25, 0.3) is 11.0 Å². The molecule has 2 heterocycles. The van der Waals surface area contributed by atoms with Crippen LogP contribution in [0.3, 0.4) is 0 Å². The van der Waals surface area contributed by atoms with E-state index in [9.17, 15) is 4.79 Å². The van der Waals surface area contributed by atoms with Gasteiger partial charge in [-0.3, -0.25) is 0 Å². The molecule has 3 aromatic rings. The van der Waals surface area contributed by atoms with Crippen LogP contribution in [0.5, 0.6) is 5.75 Å². The van der Waals surface area contributed by atoms with Gasteiger partial charge in [-0.05, 0) is 50.6 Å². The molecule has 1 amide bonds. The van der Waals surface area contributed by atoms with E-state index in [-0.39, 0.29) is 6.09 Å². The number of fused-ring (bicyclic) bond motifs is 1. The molecule has 0 radical (unpaired) electrons. The van der Waals surface area contributed by atoms with Crippen LogP contribution in [-0.4, -0.2) is 59.4 Å². The highest BCUT2D eigenvalue weighted by molar-refractivity contribution is 5.79. The summed E-state index contributed by atoms with van der Waals surface area (Å²) >= 11 is 0. The number of imidazole rings is 1. The minimum Gasteiger partial charge on any atom is -0.497 e. The molecule has 0 N–H and O–H groups in total. The molecule has 0 unspecified atom stereocenters. The Kier molecular flexibility index (Phi) is 5.76. The molecule has 31 heavy (non-hydrogen) atoms. The van der Waals surface area contributed by atoms with Gasteiger partial charge in [-0.2, -0.15) is 0 Å². The average molecular weight is 423 g/mol.